The van der Waals surface area contributed by atoms with Crippen LogP contribution in [0.1, 0.15) is 12.5 Å². The quantitative estimate of drug-likeness (QED) is 0.740. The van der Waals surface area contributed by atoms with Gasteiger partial charge in [-0.1, -0.05) is 11.6 Å². The summed E-state index contributed by atoms with van der Waals surface area (Å²) in [7, 11) is 0. The summed E-state index contributed by atoms with van der Waals surface area (Å²) in [5.74, 6) is 0.241. The summed E-state index contributed by atoms with van der Waals surface area (Å²) in [6.45, 7) is 3.32. The van der Waals surface area contributed by atoms with Gasteiger partial charge >= 0.3 is 6.18 Å². The zero-order valence-corrected chi connectivity index (χ0v) is 10.4. The predicted octanol–water partition coefficient (Wildman–Crippen LogP) is 2.98. The fourth-order valence-electron chi connectivity index (χ4n) is 1.86. The number of ether oxygens (including phenoxy) is 1. The number of nitrogens with zero attached hydrogens (tertiary/aromatic N) is 2. The first kappa shape index (κ1) is 13.4. The number of anilines is 1. The Labute approximate surface area is 108 Å². The first-order valence-electron chi connectivity index (χ1n) is 5.47. The Bertz CT molecular complexity index is 439. The average molecular weight is 281 g/mol. The van der Waals surface area contributed by atoms with Crippen molar-refractivity contribution in [1.29, 1.82) is 0 Å². The van der Waals surface area contributed by atoms with Gasteiger partial charge in [0.2, 0.25) is 0 Å². The number of aromatic nitrogens is 1. The molecule has 3 nitrogen and oxygen atoms in total. The molecular weight excluding hydrogens is 269 g/mol. The summed E-state index contributed by atoms with van der Waals surface area (Å²) in [6.07, 6.45) is -4.42. The molecule has 0 aliphatic carbocycles. The van der Waals surface area contributed by atoms with Crippen LogP contribution in [0, 0.1) is 0 Å². The Kier molecular flexibility index (Phi) is 3.68. The Morgan fingerprint density at radius 2 is 2.17 bits per heavy atom. The number of morpholine rings is 1. The molecule has 1 unspecified atom stereocenters. The van der Waals surface area contributed by atoms with Crippen molar-refractivity contribution < 1.29 is 17.9 Å². The maximum Gasteiger partial charge on any atom is 0.416 e. The third kappa shape index (κ3) is 2.87. The first-order valence-corrected chi connectivity index (χ1v) is 5.85. The van der Waals surface area contributed by atoms with Crippen molar-refractivity contribution in [2.45, 2.75) is 19.1 Å². The summed E-state index contributed by atoms with van der Waals surface area (Å²) in [4.78, 5) is 5.73. The minimum atomic E-state index is -4.42. The summed E-state index contributed by atoms with van der Waals surface area (Å²) >= 11 is 5.65. The molecule has 1 fully saturated rings. The maximum atomic E-state index is 12.7. The number of pyridine rings is 1. The number of hydrogen-bond acceptors (Lipinski definition) is 3. The van der Waals surface area contributed by atoms with Crippen molar-refractivity contribution in [3.8, 4) is 0 Å². The third-order valence-corrected chi connectivity index (χ3v) is 2.96. The highest BCUT2D eigenvalue weighted by molar-refractivity contribution is 6.29. The molecule has 0 aromatic carbocycles. The van der Waals surface area contributed by atoms with E-state index in [0.29, 0.717) is 19.8 Å². The van der Waals surface area contributed by atoms with E-state index >= 15 is 0 Å². The Hall–Kier alpha value is -1.01. The molecule has 0 radical (unpaired) electrons. The van der Waals surface area contributed by atoms with Crippen molar-refractivity contribution in [3.63, 3.8) is 0 Å². The molecule has 1 atom stereocenters. The molecule has 100 valence electrons. The summed E-state index contributed by atoms with van der Waals surface area (Å²) in [5, 5.41) is -0.154. The zero-order chi connectivity index (χ0) is 13.3. The molecule has 0 amide bonds. The average Bonchev–Trinajstić information content (AvgIpc) is 2.27. The highest BCUT2D eigenvalue weighted by Gasteiger charge is 2.32. The Morgan fingerprint density at radius 1 is 1.44 bits per heavy atom. The van der Waals surface area contributed by atoms with E-state index in [0.717, 1.165) is 12.1 Å². The lowest BCUT2D eigenvalue weighted by Crippen LogP contribution is -2.44. The van der Waals surface area contributed by atoms with Gasteiger partial charge in [0.25, 0.3) is 0 Å². The molecule has 0 N–H and O–H groups in total. The molecule has 1 aliphatic heterocycles. The number of rotatable bonds is 1. The van der Waals surface area contributed by atoms with E-state index in [1.54, 1.807) is 4.90 Å². The van der Waals surface area contributed by atoms with Crippen LogP contribution in [0.25, 0.3) is 0 Å². The molecule has 2 rings (SSSR count). The fraction of sp³-hybridized carbons (Fsp3) is 0.545. The molecule has 7 heteroatoms. The number of halogens is 4. The van der Waals surface area contributed by atoms with Gasteiger partial charge in [0, 0.05) is 6.54 Å². The van der Waals surface area contributed by atoms with Gasteiger partial charge in [-0.15, -0.1) is 0 Å². The van der Waals surface area contributed by atoms with Crippen molar-refractivity contribution >= 4 is 17.4 Å². The predicted molar refractivity (Wildman–Crippen MR) is 61.9 cm³/mol. The fourth-order valence-corrected chi connectivity index (χ4v) is 2.07. The zero-order valence-electron chi connectivity index (χ0n) is 9.67. The minimum absolute atomic E-state index is 0.0224. The lowest BCUT2D eigenvalue weighted by molar-refractivity contribution is -0.137. The van der Waals surface area contributed by atoms with Gasteiger partial charge in [-0.25, -0.2) is 4.98 Å². The largest absolute Gasteiger partial charge is 0.416 e. The molecule has 0 spiro atoms. The van der Waals surface area contributed by atoms with E-state index in [1.165, 1.54) is 0 Å². The maximum absolute atomic E-state index is 12.7. The van der Waals surface area contributed by atoms with Crippen molar-refractivity contribution in [3.05, 3.63) is 22.8 Å². The lowest BCUT2D eigenvalue weighted by atomic mass is 10.2. The Morgan fingerprint density at radius 3 is 2.78 bits per heavy atom. The second kappa shape index (κ2) is 4.93. The monoisotopic (exact) mass is 280 g/mol. The molecule has 0 bridgehead atoms. The molecule has 0 saturated carbocycles. The van der Waals surface area contributed by atoms with Crippen LogP contribution < -0.4 is 4.90 Å². The van der Waals surface area contributed by atoms with Gasteiger partial charge < -0.3 is 9.64 Å². The minimum Gasteiger partial charge on any atom is -0.377 e. The standard InChI is InChI=1S/C11H12ClF3N2O/c1-7-6-18-3-2-17(7)10-5-8(11(13,14)15)4-9(12)16-10/h4-5,7H,2-3,6H2,1H3. The smallest absolute Gasteiger partial charge is 0.377 e. The van der Waals surface area contributed by atoms with Gasteiger partial charge in [-0.2, -0.15) is 13.2 Å². The van der Waals surface area contributed by atoms with Crippen LogP contribution in [-0.4, -0.2) is 30.8 Å². The van der Waals surface area contributed by atoms with Crippen LogP contribution in [0.3, 0.4) is 0 Å². The van der Waals surface area contributed by atoms with Crippen LogP contribution in [0.4, 0.5) is 19.0 Å². The van der Waals surface area contributed by atoms with Gasteiger partial charge in [-0.3, -0.25) is 0 Å². The summed E-state index contributed by atoms with van der Waals surface area (Å²) in [6, 6.07) is 1.83. The van der Waals surface area contributed by atoms with Crippen LogP contribution in [0.2, 0.25) is 5.15 Å². The molecule has 1 aromatic rings. The van der Waals surface area contributed by atoms with Crippen LogP contribution >= 0.6 is 11.6 Å². The molecule has 1 saturated heterocycles. The van der Waals surface area contributed by atoms with E-state index < -0.39 is 11.7 Å². The molecule has 1 aromatic heterocycles. The van der Waals surface area contributed by atoms with E-state index in [2.05, 4.69) is 4.98 Å². The van der Waals surface area contributed by atoms with Crippen LogP contribution in [0.5, 0.6) is 0 Å². The second-order valence-corrected chi connectivity index (χ2v) is 4.54. The summed E-state index contributed by atoms with van der Waals surface area (Å²) in [5.41, 5.74) is -0.781. The summed E-state index contributed by atoms with van der Waals surface area (Å²) < 4.78 is 43.3. The van der Waals surface area contributed by atoms with Gasteiger partial charge in [0.15, 0.2) is 0 Å². The highest BCUT2D eigenvalue weighted by atomic mass is 35.5. The van der Waals surface area contributed by atoms with E-state index in [9.17, 15) is 13.2 Å². The SMILES string of the molecule is CC1COCCN1c1cc(C(F)(F)F)cc(Cl)n1. The molecular formula is C11H12ClF3N2O. The van der Waals surface area contributed by atoms with Gasteiger partial charge in [0.1, 0.15) is 11.0 Å². The van der Waals surface area contributed by atoms with Crippen LogP contribution in [0.15, 0.2) is 12.1 Å². The van der Waals surface area contributed by atoms with Crippen molar-refractivity contribution in [2.24, 2.45) is 0 Å². The topological polar surface area (TPSA) is 25.4 Å². The lowest BCUT2D eigenvalue weighted by Gasteiger charge is -2.34. The van der Waals surface area contributed by atoms with E-state index in [-0.39, 0.29) is 17.0 Å². The molecule has 2 heterocycles. The molecule has 1 aliphatic rings. The van der Waals surface area contributed by atoms with Crippen molar-refractivity contribution in [1.82, 2.24) is 4.98 Å². The second-order valence-electron chi connectivity index (χ2n) is 4.15. The molecule has 18 heavy (non-hydrogen) atoms. The van der Waals surface area contributed by atoms with Crippen molar-refractivity contribution in [2.75, 3.05) is 24.7 Å². The normalized spacial score (nSPS) is 21.2. The van der Waals surface area contributed by atoms with E-state index in [1.807, 2.05) is 6.92 Å². The Balaban J connectivity index is 2.35. The van der Waals surface area contributed by atoms with Gasteiger partial charge in [-0.05, 0) is 19.1 Å². The van der Waals surface area contributed by atoms with Gasteiger partial charge in [0.05, 0.1) is 24.8 Å². The number of hydrogen-bond donors (Lipinski definition) is 0. The third-order valence-electron chi connectivity index (χ3n) is 2.77. The number of alkyl halides is 3. The van der Waals surface area contributed by atoms with E-state index in [4.69, 9.17) is 16.3 Å². The highest BCUT2D eigenvalue weighted by Crippen LogP contribution is 2.33. The van der Waals surface area contributed by atoms with Crippen LogP contribution in [-0.2, 0) is 10.9 Å². The first-order chi connectivity index (χ1) is 8.38.